The van der Waals surface area contributed by atoms with Crippen molar-refractivity contribution in [3.8, 4) is 17.1 Å². The molecule has 0 saturated carbocycles. The smallest absolute Gasteiger partial charge is 0.276 e. The minimum atomic E-state index is -3.81. The van der Waals surface area contributed by atoms with E-state index < -0.39 is 15.9 Å². The standard InChI is InChI=1S/C20H15ClN4O4S/c21-13-3-7-15(8-4-13)25-18(19-2-1-11-29-19)12-17(24-25)20(26)23-14-5-9-16(10-6-14)30(22,27)28/h1-12H,(H,23,26)(H2,22,27,28). The molecule has 0 atom stereocenters. The molecule has 1 amide bonds. The topological polar surface area (TPSA) is 120 Å². The number of primary sulfonamides is 1. The molecule has 2 heterocycles. The van der Waals surface area contributed by atoms with Crippen molar-refractivity contribution in [1.82, 2.24) is 9.78 Å². The molecule has 8 nitrogen and oxygen atoms in total. The fraction of sp³-hybridized carbons (Fsp3) is 0. The van der Waals surface area contributed by atoms with Gasteiger partial charge in [-0.2, -0.15) is 5.10 Å². The maximum atomic E-state index is 12.7. The SMILES string of the molecule is NS(=O)(=O)c1ccc(NC(=O)c2cc(-c3ccco3)n(-c3ccc(Cl)cc3)n2)cc1. The number of nitrogens with zero attached hydrogens (tertiary/aromatic N) is 2. The van der Waals surface area contributed by atoms with Crippen molar-refractivity contribution in [3.63, 3.8) is 0 Å². The van der Waals surface area contributed by atoms with Crippen molar-refractivity contribution in [2.75, 3.05) is 5.32 Å². The molecule has 0 aliphatic carbocycles. The van der Waals surface area contributed by atoms with E-state index >= 15 is 0 Å². The summed E-state index contributed by atoms with van der Waals surface area (Å²) in [7, 11) is -3.81. The number of nitrogens with one attached hydrogen (secondary N) is 1. The molecule has 0 spiro atoms. The van der Waals surface area contributed by atoms with Gasteiger partial charge in [0.15, 0.2) is 11.5 Å². The average molecular weight is 443 g/mol. The molecule has 0 unspecified atom stereocenters. The Morgan fingerprint density at radius 1 is 1.07 bits per heavy atom. The lowest BCUT2D eigenvalue weighted by molar-refractivity contribution is 0.102. The van der Waals surface area contributed by atoms with Crippen LogP contribution in [0.5, 0.6) is 0 Å². The van der Waals surface area contributed by atoms with E-state index in [9.17, 15) is 13.2 Å². The van der Waals surface area contributed by atoms with Gasteiger partial charge in [-0.05, 0) is 60.7 Å². The number of amides is 1. The van der Waals surface area contributed by atoms with E-state index in [1.54, 1.807) is 47.1 Å². The highest BCUT2D eigenvalue weighted by Crippen LogP contribution is 2.26. The Morgan fingerprint density at radius 3 is 2.37 bits per heavy atom. The number of rotatable bonds is 5. The quantitative estimate of drug-likeness (QED) is 0.488. The van der Waals surface area contributed by atoms with Crippen LogP contribution in [0.15, 0.2) is 82.3 Å². The second-order valence-electron chi connectivity index (χ2n) is 6.30. The molecule has 0 aliphatic rings. The van der Waals surface area contributed by atoms with E-state index in [2.05, 4.69) is 10.4 Å². The van der Waals surface area contributed by atoms with E-state index in [4.69, 9.17) is 21.2 Å². The van der Waals surface area contributed by atoms with Crippen LogP contribution in [0.4, 0.5) is 5.69 Å². The van der Waals surface area contributed by atoms with Crippen molar-refractivity contribution in [2.24, 2.45) is 5.14 Å². The molecule has 2 aromatic carbocycles. The van der Waals surface area contributed by atoms with Crippen molar-refractivity contribution < 1.29 is 17.6 Å². The third-order valence-corrected chi connectivity index (χ3v) is 5.41. The molecule has 3 N–H and O–H groups in total. The number of carbonyl (C=O) groups excluding carboxylic acids is 1. The van der Waals surface area contributed by atoms with Gasteiger partial charge in [0.1, 0.15) is 5.69 Å². The number of sulfonamides is 1. The van der Waals surface area contributed by atoms with Gasteiger partial charge in [0.2, 0.25) is 10.0 Å². The lowest BCUT2D eigenvalue weighted by Crippen LogP contribution is -2.14. The molecule has 10 heteroatoms. The van der Waals surface area contributed by atoms with E-state index in [1.807, 2.05) is 0 Å². The summed E-state index contributed by atoms with van der Waals surface area (Å²) >= 11 is 5.97. The first-order valence-electron chi connectivity index (χ1n) is 8.65. The van der Waals surface area contributed by atoms with Gasteiger partial charge < -0.3 is 9.73 Å². The number of hydrogen-bond donors (Lipinski definition) is 2. The second-order valence-corrected chi connectivity index (χ2v) is 8.30. The number of aromatic nitrogens is 2. The Balaban J connectivity index is 1.66. The number of furan rings is 1. The molecule has 2 aromatic heterocycles. The van der Waals surface area contributed by atoms with Crippen LogP contribution in [-0.4, -0.2) is 24.1 Å². The third-order valence-electron chi connectivity index (χ3n) is 4.23. The first-order chi connectivity index (χ1) is 14.3. The minimum Gasteiger partial charge on any atom is -0.463 e. The van der Waals surface area contributed by atoms with Gasteiger partial charge in [-0.1, -0.05) is 11.6 Å². The summed E-state index contributed by atoms with van der Waals surface area (Å²) in [6, 6.07) is 17.6. The fourth-order valence-corrected chi connectivity index (χ4v) is 3.44. The van der Waals surface area contributed by atoms with Gasteiger partial charge in [0.05, 0.1) is 16.8 Å². The molecule has 0 aliphatic heterocycles. The number of carbonyl (C=O) groups is 1. The highest BCUT2D eigenvalue weighted by Gasteiger charge is 2.19. The Kier molecular flexibility index (Phi) is 5.17. The van der Waals surface area contributed by atoms with E-state index in [0.29, 0.717) is 27.9 Å². The molecular formula is C20H15ClN4O4S. The molecule has 30 heavy (non-hydrogen) atoms. The van der Waals surface area contributed by atoms with Crippen LogP contribution in [-0.2, 0) is 10.0 Å². The monoisotopic (exact) mass is 442 g/mol. The van der Waals surface area contributed by atoms with Crippen molar-refractivity contribution in [2.45, 2.75) is 4.90 Å². The molecule has 0 saturated heterocycles. The molecule has 152 valence electrons. The van der Waals surface area contributed by atoms with Gasteiger partial charge in [-0.15, -0.1) is 0 Å². The molecule has 0 bridgehead atoms. The van der Waals surface area contributed by atoms with Crippen LogP contribution in [0, 0.1) is 0 Å². The zero-order valence-corrected chi connectivity index (χ0v) is 16.9. The number of benzene rings is 2. The summed E-state index contributed by atoms with van der Waals surface area (Å²) in [5, 5.41) is 12.7. The number of hydrogen-bond acceptors (Lipinski definition) is 5. The van der Waals surface area contributed by atoms with Crippen molar-refractivity contribution >= 4 is 33.2 Å². The van der Waals surface area contributed by atoms with Crippen LogP contribution in [0.3, 0.4) is 0 Å². The van der Waals surface area contributed by atoms with Crippen molar-refractivity contribution in [1.29, 1.82) is 0 Å². The minimum absolute atomic E-state index is 0.0485. The molecular weight excluding hydrogens is 428 g/mol. The summed E-state index contributed by atoms with van der Waals surface area (Å²) in [5.41, 5.74) is 1.82. The van der Waals surface area contributed by atoms with E-state index in [0.717, 1.165) is 0 Å². The highest BCUT2D eigenvalue weighted by molar-refractivity contribution is 7.89. The highest BCUT2D eigenvalue weighted by atomic mass is 35.5. The molecule has 4 aromatic rings. The predicted molar refractivity (Wildman–Crippen MR) is 112 cm³/mol. The maximum absolute atomic E-state index is 12.7. The maximum Gasteiger partial charge on any atom is 0.276 e. The lowest BCUT2D eigenvalue weighted by Gasteiger charge is -2.06. The largest absolute Gasteiger partial charge is 0.463 e. The van der Waals surface area contributed by atoms with Crippen LogP contribution in [0.25, 0.3) is 17.1 Å². The zero-order valence-electron chi connectivity index (χ0n) is 15.3. The van der Waals surface area contributed by atoms with Gasteiger partial charge >= 0.3 is 0 Å². The summed E-state index contributed by atoms with van der Waals surface area (Å²) in [5.74, 6) is 0.0629. The first-order valence-corrected chi connectivity index (χ1v) is 10.6. The van der Waals surface area contributed by atoms with Crippen LogP contribution in [0.2, 0.25) is 5.02 Å². The summed E-state index contributed by atoms with van der Waals surface area (Å²) in [6.07, 6.45) is 1.53. The summed E-state index contributed by atoms with van der Waals surface area (Å²) < 4.78 is 29.8. The van der Waals surface area contributed by atoms with E-state index in [-0.39, 0.29) is 10.6 Å². The zero-order chi connectivity index (χ0) is 21.3. The van der Waals surface area contributed by atoms with Crippen molar-refractivity contribution in [3.05, 3.63) is 83.7 Å². The normalized spacial score (nSPS) is 11.4. The van der Waals surface area contributed by atoms with Crippen LogP contribution >= 0.6 is 11.6 Å². The molecule has 0 radical (unpaired) electrons. The molecule has 4 rings (SSSR count). The fourth-order valence-electron chi connectivity index (χ4n) is 2.79. The van der Waals surface area contributed by atoms with Crippen LogP contribution < -0.4 is 10.5 Å². The lowest BCUT2D eigenvalue weighted by atomic mass is 10.2. The third kappa shape index (κ3) is 4.13. The second kappa shape index (κ2) is 7.79. The Morgan fingerprint density at radius 2 is 1.77 bits per heavy atom. The van der Waals surface area contributed by atoms with Gasteiger partial charge in [-0.25, -0.2) is 18.2 Å². The Labute approximate surface area is 176 Å². The van der Waals surface area contributed by atoms with Crippen LogP contribution in [0.1, 0.15) is 10.5 Å². The van der Waals surface area contributed by atoms with E-state index in [1.165, 1.54) is 30.5 Å². The Hall–Kier alpha value is -3.40. The summed E-state index contributed by atoms with van der Waals surface area (Å²) in [4.78, 5) is 12.7. The summed E-state index contributed by atoms with van der Waals surface area (Å²) in [6.45, 7) is 0. The number of halogens is 1. The number of anilines is 1. The number of nitrogens with two attached hydrogens (primary N) is 1. The van der Waals surface area contributed by atoms with Gasteiger partial charge in [0.25, 0.3) is 5.91 Å². The van der Waals surface area contributed by atoms with Gasteiger partial charge in [0, 0.05) is 16.8 Å². The van der Waals surface area contributed by atoms with Gasteiger partial charge in [-0.3, -0.25) is 4.79 Å². The molecule has 0 fully saturated rings. The Bertz CT molecular complexity index is 1300. The average Bonchev–Trinajstić information content (AvgIpc) is 3.38. The first kappa shape index (κ1) is 19.9. The predicted octanol–water partition coefficient (Wildman–Crippen LogP) is 3.69.